The highest BCUT2D eigenvalue weighted by atomic mass is 32.2. The summed E-state index contributed by atoms with van der Waals surface area (Å²) in [5.74, 6) is -0.262. The largest absolute Gasteiger partial charge is 0.379 e. The number of hydrogen-bond donors (Lipinski definition) is 1. The maximum absolute atomic E-state index is 12.7. The molecule has 0 atom stereocenters. The van der Waals surface area contributed by atoms with Crippen LogP contribution in [0.5, 0.6) is 0 Å². The van der Waals surface area contributed by atoms with Gasteiger partial charge in [0.25, 0.3) is 0 Å². The number of nitrogens with one attached hydrogen (secondary N) is 1. The van der Waals surface area contributed by atoms with E-state index in [1.54, 1.807) is 37.3 Å². The second kappa shape index (κ2) is 10.3. The molecule has 0 bridgehead atoms. The fourth-order valence-electron chi connectivity index (χ4n) is 3.34. The van der Waals surface area contributed by atoms with Crippen LogP contribution in [-0.4, -0.2) is 71.8 Å². The smallest absolute Gasteiger partial charge is 0.243 e. The molecule has 0 saturated carbocycles. The minimum Gasteiger partial charge on any atom is -0.379 e. The number of carbonyl (C=O) groups is 1. The molecule has 2 aromatic carbocycles. The summed E-state index contributed by atoms with van der Waals surface area (Å²) in [6, 6.07) is 11.1. The lowest BCUT2D eigenvalue weighted by molar-refractivity contribution is -0.116. The van der Waals surface area contributed by atoms with Crippen molar-refractivity contribution in [2.45, 2.75) is 29.6 Å². The Kier molecular flexibility index (Phi) is 7.91. The van der Waals surface area contributed by atoms with Crippen molar-refractivity contribution in [3.8, 4) is 0 Å². The molecule has 0 radical (unpaired) electrons. The molecule has 0 aromatic heterocycles. The molecule has 11 heteroatoms. The Balaban J connectivity index is 1.62. The van der Waals surface area contributed by atoms with Crippen LogP contribution in [0.3, 0.4) is 0 Å². The van der Waals surface area contributed by atoms with Crippen LogP contribution in [-0.2, 0) is 36.0 Å². The predicted octanol–water partition coefficient (Wildman–Crippen LogP) is 1.84. The molecule has 1 aliphatic rings. The van der Waals surface area contributed by atoms with Crippen molar-refractivity contribution in [2.24, 2.45) is 0 Å². The Labute approximate surface area is 195 Å². The van der Waals surface area contributed by atoms with E-state index in [-0.39, 0.29) is 22.1 Å². The molecule has 0 unspecified atom stereocenters. The third-order valence-electron chi connectivity index (χ3n) is 5.43. The number of benzene rings is 2. The van der Waals surface area contributed by atoms with Crippen LogP contribution < -0.4 is 5.32 Å². The first-order valence-electron chi connectivity index (χ1n) is 10.5. The van der Waals surface area contributed by atoms with Crippen molar-refractivity contribution >= 4 is 31.6 Å². The summed E-state index contributed by atoms with van der Waals surface area (Å²) in [7, 11) is -4.27. The molecule has 33 heavy (non-hydrogen) atoms. The van der Waals surface area contributed by atoms with Crippen molar-refractivity contribution < 1.29 is 26.4 Å². The van der Waals surface area contributed by atoms with Gasteiger partial charge in [0.1, 0.15) is 0 Å². The van der Waals surface area contributed by atoms with E-state index in [2.05, 4.69) is 5.32 Å². The molecule has 2 aromatic rings. The van der Waals surface area contributed by atoms with Gasteiger partial charge >= 0.3 is 0 Å². The van der Waals surface area contributed by atoms with Gasteiger partial charge in [0.15, 0.2) is 0 Å². The van der Waals surface area contributed by atoms with Crippen molar-refractivity contribution in [2.75, 3.05) is 45.7 Å². The van der Waals surface area contributed by atoms with Crippen LogP contribution >= 0.6 is 0 Å². The van der Waals surface area contributed by atoms with E-state index in [4.69, 9.17) is 4.74 Å². The Bertz CT molecular complexity index is 1200. The third kappa shape index (κ3) is 5.98. The Morgan fingerprint density at radius 3 is 2.21 bits per heavy atom. The average Bonchev–Trinajstić information content (AvgIpc) is 2.79. The van der Waals surface area contributed by atoms with E-state index in [1.165, 1.54) is 30.5 Å². The van der Waals surface area contributed by atoms with Crippen LogP contribution in [0.15, 0.2) is 52.3 Å². The van der Waals surface area contributed by atoms with Crippen molar-refractivity contribution in [3.63, 3.8) is 0 Å². The second-order valence-electron chi connectivity index (χ2n) is 7.97. The maximum Gasteiger partial charge on any atom is 0.243 e. The van der Waals surface area contributed by atoms with Gasteiger partial charge in [-0.2, -0.15) is 4.31 Å². The summed E-state index contributed by atoms with van der Waals surface area (Å²) in [5, 5.41) is 2.77. The number of anilines is 1. The molecule has 1 N–H and O–H groups in total. The number of sulfonamides is 2. The Hall–Kier alpha value is -2.31. The lowest BCUT2D eigenvalue weighted by Crippen LogP contribution is -2.40. The number of morpholine rings is 1. The van der Waals surface area contributed by atoms with E-state index in [0.29, 0.717) is 38.4 Å². The lowest BCUT2D eigenvalue weighted by Gasteiger charge is -2.26. The van der Waals surface area contributed by atoms with E-state index in [0.717, 1.165) is 15.4 Å². The molecule has 0 aliphatic carbocycles. The zero-order chi connectivity index (χ0) is 24.2. The topological polar surface area (TPSA) is 113 Å². The summed E-state index contributed by atoms with van der Waals surface area (Å²) in [4.78, 5) is 12.8. The SMILES string of the molecule is Cc1ccc(S(=O)(=O)N(C)C)cc1NC(=O)CCc1ccc(S(=O)(=O)N2CCOCC2)cc1. The normalized spacial score (nSPS) is 15.5. The fraction of sp³-hybridized carbons (Fsp3) is 0.409. The number of rotatable bonds is 8. The van der Waals surface area contributed by atoms with Crippen molar-refractivity contribution in [3.05, 3.63) is 53.6 Å². The molecule has 9 nitrogen and oxygen atoms in total. The Morgan fingerprint density at radius 2 is 1.61 bits per heavy atom. The molecule has 1 heterocycles. The van der Waals surface area contributed by atoms with Gasteiger partial charge in [-0.3, -0.25) is 4.79 Å². The number of aryl methyl sites for hydroxylation is 2. The molecule has 180 valence electrons. The highest BCUT2D eigenvalue weighted by Crippen LogP contribution is 2.23. The van der Waals surface area contributed by atoms with E-state index >= 15 is 0 Å². The van der Waals surface area contributed by atoms with Crippen molar-refractivity contribution in [1.82, 2.24) is 8.61 Å². The van der Waals surface area contributed by atoms with E-state index in [1.807, 2.05) is 0 Å². The predicted molar refractivity (Wildman–Crippen MR) is 125 cm³/mol. The summed E-state index contributed by atoms with van der Waals surface area (Å²) in [6.07, 6.45) is 0.581. The molecule has 1 saturated heterocycles. The zero-order valence-electron chi connectivity index (χ0n) is 18.9. The summed E-state index contributed by atoms with van der Waals surface area (Å²) >= 11 is 0. The van der Waals surface area contributed by atoms with Crippen LogP contribution in [0.2, 0.25) is 0 Å². The number of carbonyl (C=O) groups excluding carboxylic acids is 1. The van der Waals surface area contributed by atoms with Crippen molar-refractivity contribution in [1.29, 1.82) is 0 Å². The monoisotopic (exact) mass is 495 g/mol. The molecular weight excluding hydrogens is 466 g/mol. The summed E-state index contributed by atoms with van der Waals surface area (Å²) < 4.78 is 57.8. The minimum absolute atomic E-state index is 0.102. The molecule has 1 aliphatic heterocycles. The van der Waals surface area contributed by atoms with Gasteiger partial charge in [-0.15, -0.1) is 0 Å². The number of nitrogens with zero attached hydrogens (tertiary/aromatic N) is 2. The van der Waals surface area contributed by atoms with E-state index < -0.39 is 20.0 Å². The average molecular weight is 496 g/mol. The minimum atomic E-state index is -3.61. The molecule has 1 amide bonds. The first kappa shape index (κ1) is 25.3. The van der Waals surface area contributed by atoms with Gasteiger partial charge < -0.3 is 10.1 Å². The first-order valence-corrected chi connectivity index (χ1v) is 13.4. The lowest BCUT2D eigenvalue weighted by atomic mass is 10.1. The highest BCUT2D eigenvalue weighted by molar-refractivity contribution is 7.89. The molecule has 0 spiro atoms. The number of ether oxygens (including phenoxy) is 1. The molecule has 3 rings (SSSR count). The standard InChI is InChI=1S/C22H29N3O6S2/c1-17-4-8-20(32(27,28)24(2)3)16-21(17)23-22(26)11-7-18-5-9-19(10-6-18)33(29,30)25-12-14-31-15-13-25/h4-6,8-10,16H,7,11-15H2,1-3H3,(H,23,26). The summed E-state index contributed by atoms with van der Waals surface area (Å²) in [5.41, 5.74) is 2.01. The number of hydrogen-bond acceptors (Lipinski definition) is 6. The maximum atomic E-state index is 12.7. The quantitative estimate of drug-likeness (QED) is 0.598. The van der Waals surface area contributed by atoms with Crippen LogP contribution in [0.4, 0.5) is 5.69 Å². The summed E-state index contributed by atoms with van der Waals surface area (Å²) in [6.45, 7) is 3.22. The van der Waals surface area contributed by atoms with E-state index in [9.17, 15) is 21.6 Å². The second-order valence-corrected chi connectivity index (χ2v) is 12.1. The van der Waals surface area contributed by atoms with Crippen LogP contribution in [0, 0.1) is 6.92 Å². The fourth-order valence-corrected chi connectivity index (χ4v) is 5.68. The van der Waals surface area contributed by atoms with Crippen LogP contribution in [0.1, 0.15) is 17.5 Å². The van der Waals surface area contributed by atoms with Gasteiger partial charge in [0.2, 0.25) is 26.0 Å². The van der Waals surface area contributed by atoms with Gasteiger partial charge in [0.05, 0.1) is 23.0 Å². The van der Waals surface area contributed by atoms with Gasteiger partial charge in [-0.1, -0.05) is 18.2 Å². The number of amides is 1. The molecular formula is C22H29N3O6S2. The molecule has 1 fully saturated rings. The van der Waals surface area contributed by atoms with Gasteiger partial charge in [-0.25, -0.2) is 21.1 Å². The van der Waals surface area contributed by atoms with Crippen LogP contribution in [0.25, 0.3) is 0 Å². The highest BCUT2D eigenvalue weighted by Gasteiger charge is 2.26. The Morgan fingerprint density at radius 1 is 1.00 bits per heavy atom. The zero-order valence-corrected chi connectivity index (χ0v) is 20.6. The van der Waals surface area contributed by atoms with Gasteiger partial charge in [-0.05, 0) is 48.7 Å². The third-order valence-corrected chi connectivity index (χ3v) is 9.16. The first-order chi connectivity index (χ1) is 15.5. The van der Waals surface area contributed by atoms with Gasteiger partial charge in [0, 0.05) is 39.3 Å².